The Kier molecular flexibility index (Phi) is 7.85. The Morgan fingerprint density at radius 2 is 1.73 bits per heavy atom. The standard InChI is InChI=1S/C31H30N2O7S/c1-6-12-40-20-9-7-8-18(14-20)27(34)25-26(19-15-22(37-3)29(39-5)23(16-19)38-4)33(30(36)28(25)35)31-32-21-11-10-17(2)13-24(21)41-31/h7-11,13-16,26,34H,6,12H2,1-5H3/b27-25+. The number of ketones is 1. The summed E-state index contributed by atoms with van der Waals surface area (Å²) in [4.78, 5) is 33.4. The molecule has 0 saturated carbocycles. The van der Waals surface area contributed by atoms with Crippen molar-refractivity contribution in [2.24, 2.45) is 0 Å². The van der Waals surface area contributed by atoms with Crippen molar-refractivity contribution in [2.45, 2.75) is 26.3 Å². The van der Waals surface area contributed by atoms with Crippen molar-refractivity contribution in [1.82, 2.24) is 4.98 Å². The fraction of sp³-hybridized carbons (Fsp3) is 0.258. The Morgan fingerprint density at radius 3 is 2.39 bits per heavy atom. The molecule has 1 saturated heterocycles. The van der Waals surface area contributed by atoms with Crippen LogP contribution in [0.2, 0.25) is 0 Å². The molecule has 3 aromatic carbocycles. The van der Waals surface area contributed by atoms with Gasteiger partial charge in [-0.3, -0.25) is 14.5 Å². The SMILES string of the molecule is CCCOc1cccc(/C(O)=C2\C(=O)C(=O)N(c3nc4ccc(C)cc4s3)C2c2cc(OC)c(OC)c(OC)c2)c1. The summed E-state index contributed by atoms with van der Waals surface area (Å²) >= 11 is 1.29. The molecule has 1 aliphatic heterocycles. The van der Waals surface area contributed by atoms with Crippen LogP contribution >= 0.6 is 11.3 Å². The molecule has 9 nitrogen and oxygen atoms in total. The van der Waals surface area contributed by atoms with Crippen LogP contribution in [-0.2, 0) is 9.59 Å². The van der Waals surface area contributed by atoms with Gasteiger partial charge in [-0.05, 0) is 60.9 Å². The average molecular weight is 575 g/mol. The zero-order valence-electron chi connectivity index (χ0n) is 23.4. The van der Waals surface area contributed by atoms with Crippen LogP contribution < -0.4 is 23.8 Å². The molecule has 4 aromatic rings. The molecule has 1 unspecified atom stereocenters. The van der Waals surface area contributed by atoms with Crippen molar-refractivity contribution in [1.29, 1.82) is 0 Å². The molecule has 2 heterocycles. The molecule has 41 heavy (non-hydrogen) atoms. The maximum atomic E-state index is 13.7. The molecule has 1 atom stereocenters. The second-order valence-electron chi connectivity index (χ2n) is 9.47. The molecule has 5 rings (SSSR count). The highest BCUT2D eigenvalue weighted by molar-refractivity contribution is 7.22. The van der Waals surface area contributed by atoms with E-state index < -0.39 is 17.7 Å². The minimum Gasteiger partial charge on any atom is -0.507 e. The maximum absolute atomic E-state index is 13.7. The van der Waals surface area contributed by atoms with E-state index in [0.29, 0.717) is 51.4 Å². The van der Waals surface area contributed by atoms with Crippen LogP contribution in [0.1, 0.15) is 36.1 Å². The molecule has 1 amide bonds. The molecule has 0 spiro atoms. The summed E-state index contributed by atoms with van der Waals surface area (Å²) < 4.78 is 23.2. The van der Waals surface area contributed by atoms with Gasteiger partial charge in [0.15, 0.2) is 16.6 Å². The van der Waals surface area contributed by atoms with Gasteiger partial charge in [-0.2, -0.15) is 0 Å². The number of hydrogen-bond acceptors (Lipinski definition) is 9. The highest BCUT2D eigenvalue weighted by atomic mass is 32.1. The number of rotatable bonds is 9. The largest absolute Gasteiger partial charge is 0.507 e. The van der Waals surface area contributed by atoms with E-state index in [2.05, 4.69) is 4.98 Å². The summed E-state index contributed by atoms with van der Waals surface area (Å²) in [5.41, 5.74) is 2.46. The van der Waals surface area contributed by atoms with E-state index in [1.165, 1.54) is 37.6 Å². The van der Waals surface area contributed by atoms with E-state index in [4.69, 9.17) is 18.9 Å². The molecule has 0 aliphatic carbocycles. The van der Waals surface area contributed by atoms with Crippen LogP contribution in [0.3, 0.4) is 0 Å². The Morgan fingerprint density at radius 1 is 1.00 bits per heavy atom. The summed E-state index contributed by atoms with van der Waals surface area (Å²) in [6.45, 7) is 4.46. The zero-order chi connectivity index (χ0) is 29.3. The number of aromatic nitrogens is 1. The summed E-state index contributed by atoms with van der Waals surface area (Å²) in [5, 5.41) is 11.9. The number of ether oxygens (including phenoxy) is 4. The van der Waals surface area contributed by atoms with E-state index in [1.807, 2.05) is 32.0 Å². The number of benzene rings is 3. The topological polar surface area (TPSA) is 107 Å². The van der Waals surface area contributed by atoms with Crippen LogP contribution in [0.5, 0.6) is 23.0 Å². The predicted octanol–water partition coefficient (Wildman–Crippen LogP) is 6.05. The molecular weight excluding hydrogens is 544 g/mol. The van der Waals surface area contributed by atoms with Gasteiger partial charge in [-0.1, -0.05) is 36.5 Å². The van der Waals surface area contributed by atoms with Gasteiger partial charge in [0.25, 0.3) is 5.78 Å². The fourth-order valence-corrected chi connectivity index (χ4v) is 5.93. The van der Waals surface area contributed by atoms with Gasteiger partial charge < -0.3 is 24.1 Å². The number of hydrogen-bond donors (Lipinski definition) is 1. The normalized spacial score (nSPS) is 16.3. The number of aliphatic hydroxyl groups is 1. The molecule has 0 bridgehead atoms. The van der Waals surface area contributed by atoms with Crippen molar-refractivity contribution in [3.63, 3.8) is 0 Å². The van der Waals surface area contributed by atoms with Gasteiger partial charge in [0.05, 0.1) is 49.8 Å². The molecule has 10 heteroatoms. The van der Waals surface area contributed by atoms with Gasteiger partial charge in [0.2, 0.25) is 5.75 Å². The minimum atomic E-state index is -1.04. The first-order chi connectivity index (χ1) is 19.8. The number of carbonyl (C=O) groups is 2. The van der Waals surface area contributed by atoms with Crippen molar-refractivity contribution in [3.8, 4) is 23.0 Å². The summed E-state index contributed by atoms with van der Waals surface area (Å²) in [5.74, 6) is -0.410. The maximum Gasteiger partial charge on any atom is 0.301 e. The fourth-order valence-electron chi connectivity index (χ4n) is 4.84. The highest BCUT2D eigenvalue weighted by Gasteiger charge is 2.48. The van der Waals surface area contributed by atoms with Gasteiger partial charge >= 0.3 is 5.91 Å². The van der Waals surface area contributed by atoms with Crippen LogP contribution in [0.15, 0.2) is 60.2 Å². The average Bonchev–Trinajstić information content (AvgIpc) is 3.52. The quantitative estimate of drug-likeness (QED) is 0.146. The number of amides is 1. The predicted molar refractivity (Wildman–Crippen MR) is 157 cm³/mol. The minimum absolute atomic E-state index is 0.0904. The lowest BCUT2D eigenvalue weighted by atomic mass is 9.94. The molecule has 1 aromatic heterocycles. The van der Waals surface area contributed by atoms with Crippen molar-refractivity contribution < 1.29 is 33.6 Å². The molecule has 212 valence electrons. The third-order valence-electron chi connectivity index (χ3n) is 6.77. The first-order valence-corrected chi connectivity index (χ1v) is 13.8. The van der Waals surface area contributed by atoms with E-state index in [0.717, 1.165) is 16.7 Å². The second-order valence-corrected chi connectivity index (χ2v) is 10.5. The first-order valence-electron chi connectivity index (χ1n) is 13.0. The summed E-state index contributed by atoms with van der Waals surface area (Å²) in [6.07, 6.45) is 0.810. The number of methoxy groups -OCH3 is 3. The van der Waals surface area contributed by atoms with Crippen molar-refractivity contribution >= 4 is 44.1 Å². The monoisotopic (exact) mass is 574 g/mol. The third kappa shape index (κ3) is 5.06. The molecular formula is C31H30N2O7S. The Hall–Kier alpha value is -4.57. The van der Waals surface area contributed by atoms with Crippen LogP contribution in [0.4, 0.5) is 5.13 Å². The number of aryl methyl sites for hydroxylation is 1. The van der Waals surface area contributed by atoms with Gasteiger partial charge in [-0.15, -0.1) is 0 Å². The van der Waals surface area contributed by atoms with E-state index in [9.17, 15) is 14.7 Å². The lowest BCUT2D eigenvalue weighted by Crippen LogP contribution is -2.29. The Bertz CT molecular complexity index is 1650. The smallest absolute Gasteiger partial charge is 0.301 e. The number of nitrogens with zero attached hydrogens (tertiary/aromatic N) is 2. The van der Waals surface area contributed by atoms with Gasteiger partial charge in [-0.25, -0.2) is 4.98 Å². The number of fused-ring (bicyclic) bond motifs is 1. The number of aliphatic hydroxyl groups excluding tert-OH is 1. The van der Waals surface area contributed by atoms with Crippen molar-refractivity contribution in [2.75, 3.05) is 32.8 Å². The highest BCUT2D eigenvalue weighted by Crippen LogP contribution is 2.48. The number of carbonyl (C=O) groups excluding carboxylic acids is 2. The van der Waals surface area contributed by atoms with Crippen LogP contribution in [0, 0.1) is 6.92 Å². The van der Waals surface area contributed by atoms with E-state index in [-0.39, 0.29) is 11.3 Å². The number of Topliss-reactive ketones (excluding diaryl/α,β-unsaturated/α-hetero) is 1. The lowest BCUT2D eigenvalue weighted by molar-refractivity contribution is -0.132. The summed E-state index contributed by atoms with van der Waals surface area (Å²) in [6, 6.07) is 14.9. The Labute approximate surface area is 241 Å². The summed E-state index contributed by atoms with van der Waals surface area (Å²) in [7, 11) is 4.45. The van der Waals surface area contributed by atoms with Gasteiger partial charge in [0, 0.05) is 5.56 Å². The van der Waals surface area contributed by atoms with Gasteiger partial charge in [0.1, 0.15) is 11.5 Å². The third-order valence-corrected chi connectivity index (χ3v) is 7.78. The Balaban J connectivity index is 1.75. The van der Waals surface area contributed by atoms with Crippen LogP contribution in [0.25, 0.3) is 16.0 Å². The first kappa shape index (κ1) is 28.0. The zero-order valence-corrected chi connectivity index (χ0v) is 24.2. The van der Waals surface area contributed by atoms with E-state index in [1.54, 1.807) is 36.4 Å². The van der Waals surface area contributed by atoms with E-state index >= 15 is 0 Å². The molecule has 1 fully saturated rings. The van der Waals surface area contributed by atoms with Crippen molar-refractivity contribution in [3.05, 3.63) is 76.9 Å². The lowest BCUT2D eigenvalue weighted by Gasteiger charge is -2.24. The number of anilines is 1. The number of thiazole rings is 1. The molecule has 1 aliphatic rings. The van der Waals surface area contributed by atoms with Crippen LogP contribution in [-0.4, -0.2) is 49.7 Å². The second kappa shape index (κ2) is 11.5. The molecule has 1 N–H and O–H groups in total. The molecule has 0 radical (unpaired) electrons.